The van der Waals surface area contributed by atoms with Gasteiger partial charge in [0, 0.05) is 59.7 Å². The van der Waals surface area contributed by atoms with E-state index in [2.05, 4.69) is 19.9 Å². The van der Waals surface area contributed by atoms with E-state index in [4.69, 9.17) is 24.1 Å². The van der Waals surface area contributed by atoms with Crippen LogP contribution in [0.4, 0.5) is 8.78 Å². The van der Waals surface area contributed by atoms with Crippen LogP contribution in [0.5, 0.6) is 23.0 Å². The van der Waals surface area contributed by atoms with Gasteiger partial charge >= 0.3 is 5.97 Å². The van der Waals surface area contributed by atoms with E-state index in [0.717, 1.165) is 46.0 Å². The molecular formula is C49H48F2N4O7. The van der Waals surface area contributed by atoms with Gasteiger partial charge in [0.1, 0.15) is 30.1 Å². The summed E-state index contributed by atoms with van der Waals surface area (Å²) in [6.45, 7) is 6.25. The number of methoxy groups -OCH3 is 2. The molecule has 0 aliphatic heterocycles. The van der Waals surface area contributed by atoms with Gasteiger partial charge < -0.3 is 28.8 Å². The number of fused-ring (bicyclic) bond motifs is 4. The van der Waals surface area contributed by atoms with E-state index in [1.807, 2.05) is 56.3 Å². The number of carboxylic acid groups (broad SMARTS) is 1. The fourth-order valence-corrected chi connectivity index (χ4v) is 7.78. The Balaban J connectivity index is 0.000000186. The predicted octanol–water partition coefficient (Wildman–Crippen LogP) is 9.65. The minimum absolute atomic E-state index is 0.0310. The first-order chi connectivity index (χ1) is 29.9. The van der Waals surface area contributed by atoms with Gasteiger partial charge in [-0.05, 0) is 80.8 Å². The topological polar surface area (TPSA) is 143 Å². The molecule has 0 atom stereocenters. The first kappa shape index (κ1) is 43.3. The van der Waals surface area contributed by atoms with Crippen molar-refractivity contribution < 1.29 is 42.4 Å². The Labute approximate surface area is 358 Å². The number of carbonyl (C=O) groups excluding carboxylic acids is 1. The van der Waals surface area contributed by atoms with Crippen LogP contribution in [0, 0.1) is 11.6 Å². The molecule has 8 rings (SSSR count). The van der Waals surface area contributed by atoms with Crippen LogP contribution in [-0.4, -0.2) is 64.2 Å². The van der Waals surface area contributed by atoms with Crippen molar-refractivity contribution in [3.63, 3.8) is 0 Å². The van der Waals surface area contributed by atoms with Gasteiger partial charge in [0.2, 0.25) is 0 Å². The molecule has 2 aliphatic carbocycles. The fourth-order valence-electron chi connectivity index (χ4n) is 7.78. The summed E-state index contributed by atoms with van der Waals surface area (Å²) in [5.74, 6) is 0.977. The number of aromatic nitrogens is 4. The highest BCUT2D eigenvalue weighted by Crippen LogP contribution is 2.37. The van der Waals surface area contributed by atoms with Crippen molar-refractivity contribution in [1.82, 2.24) is 19.9 Å². The Morgan fingerprint density at radius 1 is 0.645 bits per heavy atom. The molecule has 0 bridgehead atoms. The quantitative estimate of drug-likeness (QED) is 0.0931. The summed E-state index contributed by atoms with van der Waals surface area (Å²) < 4.78 is 52.7. The lowest BCUT2D eigenvalue weighted by Gasteiger charge is -2.13. The molecule has 0 radical (unpaired) electrons. The van der Waals surface area contributed by atoms with Crippen molar-refractivity contribution in [3.05, 3.63) is 129 Å². The highest BCUT2D eigenvalue weighted by molar-refractivity contribution is 5.86. The molecule has 11 nitrogen and oxygen atoms in total. The number of allylic oxidation sites excluding steroid dienone is 2. The smallest absolute Gasteiger partial charge is 0.303 e. The van der Waals surface area contributed by atoms with Gasteiger partial charge in [0.05, 0.1) is 49.9 Å². The Bertz CT molecular complexity index is 2560. The molecule has 320 valence electrons. The highest BCUT2D eigenvalue weighted by Gasteiger charge is 2.21. The van der Waals surface area contributed by atoms with Crippen LogP contribution in [0.15, 0.2) is 72.3 Å². The lowest BCUT2D eigenvalue weighted by atomic mass is 10.00. The number of halogens is 2. The Morgan fingerprint density at radius 2 is 1.10 bits per heavy atom. The maximum atomic E-state index is 15.1. The summed E-state index contributed by atoms with van der Waals surface area (Å²) in [5.41, 5.74) is 9.67. The number of ether oxygens (including phenoxy) is 4. The zero-order valence-electron chi connectivity index (χ0n) is 35.4. The Hall–Kier alpha value is -6.76. The largest absolute Gasteiger partial charge is 0.493 e. The van der Waals surface area contributed by atoms with Gasteiger partial charge in [0.25, 0.3) is 0 Å². The number of nitrogens with zero attached hydrogens (tertiary/aromatic N) is 4. The van der Waals surface area contributed by atoms with E-state index in [1.165, 1.54) is 25.3 Å². The van der Waals surface area contributed by atoms with Crippen molar-refractivity contribution in [2.45, 2.75) is 72.1 Å². The second kappa shape index (κ2) is 19.3. The van der Waals surface area contributed by atoms with Gasteiger partial charge in [-0.2, -0.15) is 0 Å². The van der Waals surface area contributed by atoms with Crippen LogP contribution in [0.1, 0.15) is 91.2 Å². The van der Waals surface area contributed by atoms with Gasteiger partial charge in [-0.1, -0.05) is 47.6 Å². The zero-order valence-corrected chi connectivity index (χ0v) is 35.4. The number of aliphatic carboxylic acids is 1. The number of carboxylic acids is 1. The number of rotatable bonds is 16. The minimum Gasteiger partial charge on any atom is -0.493 e. The molecule has 0 saturated carbocycles. The normalized spacial score (nSPS) is 12.6. The Kier molecular flexibility index (Phi) is 13.5. The average molecular weight is 843 g/mol. The molecule has 13 heteroatoms. The number of carbonyl (C=O) groups is 2. The molecule has 0 spiro atoms. The summed E-state index contributed by atoms with van der Waals surface area (Å²) >= 11 is 0. The molecule has 0 saturated heterocycles. The lowest BCUT2D eigenvalue weighted by Crippen LogP contribution is -2.04. The summed E-state index contributed by atoms with van der Waals surface area (Å²) in [7, 11) is 3.10. The van der Waals surface area contributed by atoms with E-state index < -0.39 is 5.97 Å². The van der Waals surface area contributed by atoms with E-state index >= 15 is 8.78 Å². The van der Waals surface area contributed by atoms with Crippen LogP contribution in [0.2, 0.25) is 0 Å². The molecule has 0 fully saturated rings. The summed E-state index contributed by atoms with van der Waals surface area (Å²) in [6, 6.07) is 14.8. The van der Waals surface area contributed by atoms with E-state index in [9.17, 15) is 9.59 Å². The molecule has 2 aromatic heterocycles. The van der Waals surface area contributed by atoms with Crippen LogP contribution in [-0.2, 0) is 35.3 Å². The fraction of sp³-hybridized carbons (Fsp3) is 0.306. The molecule has 2 aliphatic rings. The van der Waals surface area contributed by atoms with Crippen LogP contribution in [0.25, 0.3) is 34.0 Å². The molecule has 62 heavy (non-hydrogen) atoms. The minimum atomic E-state index is -0.865. The second-order valence-electron chi connectivity index (χ2n) is 15.6. The summed E-state index contributed by atoms with van der Waals surface area (Å²) in [6.07, 6.45) is 10.6. The van der Waals surface area contributed by atoms with E-state index in [1.54, 1.807) is 32.2 Å². The maximum absolute atomic E-state index is 15.1. The number of hydrogen-bond acceptors (Lipinski definition) is 10. The lowest BCUT2D eigenvalue weighted by molar-refractivity contribution is -0.137. The van der Waals surface area contributed by atoms with Gasteiger partial charge in [0.15, 0.2) is 23.0 Å². The summed E-state index contributed by atoms with van der Waals surface area (Å²) in [4.78, 5) is 39.3. The third-order valence-corrected chi connectivity index (χ3v) is 10.9. The third-order valence-electron chi connectivity index (χ3n) is 10.9. The van der Waals surface area contributed by atoms with Crippen LogP contribution in [0.3, 0.4) is 0 Å². The highest BCUT2D eigenvalue weighted by atomic mass is 19.1. The number of hydrogen-bond donors (Lipinski definition) is 1. The number of ketones is 1. The molecule has 2 heterocycles. The molecule has 0 amide bonds. The summed E-state index contributed by atoms with van der Waals surface area (Å²) in [5, 5.41) is 10.3. The van der Waals surface area contributed by atoms with Crippen molar-refractivity contribution in [3.8, 4) is 23.0 Å². The Morgan fingerprint density at radius 3 is 1.52 bits per heavy atom. The molecule has 6 aromatic rings. The van der Waals surface area contributed by atoms with Gasteiger partial charge in [-0.25, -0.2) is 28.7 Å². The van der Waals surface area contributed by atoms with Crippen LogP contribution < -0.4 is 18.9 Å². The van der Waals surface area contributed by atoms with Gasteiger partial charge in [-0.15, -0.1) is 0 Å². The van der Waals surface area contributed by atoms with Crippen molar-refractivity contribution >= 4 is 45.7 Å². The van der Waals surface area contributed by atoms with Crippen molar-refractivity contribution in [2.24, 2.45) is 0 Å². The number of benzene rings is 4. The number of Topliss-reactive ketones (excluding diaryl/α,β-unsaturated/α-hetero) is 1. The molecule has 1 N–H and O–H groups in total. The van der Waals surface area contributed by atoms with Crippen LogP contribution >= 0.6 is 0 Å². The van der Waals surface area contributed by atoms with E-state index in [0.29, 0.717) is 101 Å². The zero-order chi connectivity index (χ0) is 43.9. The maximum Gasteiger partial charge on any atom is 0.303 e. The standard InChI is InChI=1S/C25H25FN2O3.C24H23FN2O4/c1-15-9-17-6-7-18(25(26)19(17)10-15)11-21-20-12-23(30-3)24(13-22(20)28-14-27-21)31-8-4-5-16(2)29;1-14-8-15-5-6-16(24(25)17(15)9-14)10-19-18-11-21(30-2)22(12-20(18)27-13-26-19)31-7-3-4-23(28)29/h6-7,10,12-14H,4-5,8-9,11H2,1-3H3;5-6,9,11-13H,3-4,7-8,10H2,1-2H3,(H,28,29). The molecular weight excluding hydrogens is 795 g/mol. The van der Waals surface area contributed by atoms with E-state index in [-0.39, 0.29) is 30.4 Å². The first-order valence-electron chi connectivity index (χ1n) is 20.5. The third kappa shape index (κ3) is 9.88. The average Bonchev–Trinajstić information content (AvgIpc) is 3.84. The predicted molar refractivity (Wildman–Crippen MR) is 233 cm³/mol. The van der Waals surface area contributed by atoms with Crippen molar-refractivity contribution in [2.75, 3.05) is 27.4 Å². The second-order valence-corrected chi connectivity index (χ2v) is 15.6. The van der Waals surface area contributed by atoms with Crippen molar-refractivity contribution in [1.29, 1.82) is 0 Å². The SMILES string of the molecule is COc1cc2c(Cc3ccc4c(c3F)C=C(C)C4)ncnc2cc1OCCCC(=O)O.COc1cc2c(Cc3ccc4c(c3F)C=C(C)C4)ncnc2cc1OCCCC(C)=O. The first-order valence-corrected chi connectivity index (χ1v) is 20.5. The monoisotopic (exact) mass is 842 g/mol. The molecule has 0 unspecified atom stereocenters. The molecule has 4 aromatic carbocycles. The van der Waals surface area contributed by atoms with Gasteiger partial charge in [-0.3, -0.25) is 4.79 Å².